The highest BCUT2D eigenvalue weighted by molar-refractivity contribution is 6.30. The zero-order valence-corrected chi connectivity index (χ0v) is 14.4. The SMILES string of the molecule is CC(CC(N=C=O)(OCc1ccccc1)C(=O)O)c1ccc(Cl)cc1. The topological polar surface area (TPSA) is 76.0 Å². The Balaban J connectivity index is 2.23. The molecule has 2 aromatic carbocycles. The van der Waals surface area contributed by atoms with Crippen LogP contribution in [0, 0.1) is 0 Å². The summed E-state index contributed by atoms with van der Waals surface area (Å²) in [6.07, 6.45) is 1.33. The Hall–Kier alpha value is -2.46. The number of halogens is 1. The Labute approximate surface area is 150 Å². The van der Waals surface area contributed by atoms with Crippen molar-refractivity contribution in [2.24, 2.45) is 4.99 Å². The van der Waals surface area contributed by atoms with Crippen molar-refractivity contribution in [2.45, 2.75) is 31.6 Å². The molecule has 25 heavy (non-hydrogen) atoms. The van der Waals surface area contributed by atoms with E-state index >= 15 is 0 Å². The second kappa shape index (κ2) is 8.58. The van der Waals surface area contributed by atoms with Crippen molar-refractivity contribution in [3.63, 3.8) is 0 Å². The van der Waals surface area contributed by atoms with Gasteiger partial charge in [-0.2, -0.15) is 4.99 Å². The summed E-state index contributed by atoms with van der Waals surface area (Å²) in [4.78, 5) is 26.2. The molecule has 0 spiro atoms. The molecular formula is C19H18ClNO4. The molecule has 2 atom stereocenters. The highest BCUT2D eigenvalue weighted by Gasteiger charge is 2.41. The van der Waals surface area contributed by atoms with E-state index in [0.29, 0.717) is 5.02 Å². The summed E-state index contributed by atoms with van der Waals surface area (Å²) in [5.41, 5.74) is -0.329. The number of benzene rings is 2. The van der Waals surface area contributed by atoms with E-state index in [-0.39, 0.29) is 18.9 Å². The van der Waals surface area contributed by atoms with Gasteiger partial charge in [-0.1, -0.05) is 61.0 Å². The van der Waals surface area contributed by atoms with Crippen LogP contribution in [0.5, 0.6) is 0 Å². The number of isocyanates is 1. The van der Waals surface area contributed by atoms with Crippen molar-refractivity contribution >= 4 is 23.7 Å². The Kier molecular flexibility index (Phi) is 6.48. The molecule has 0 aliphatic heterocycles. The highest BCUT2D eigenvalue weighted by atomic mass is 35.5. The molecular weight excluding hydrogens is 342 g/mol. The van der Waals surface area contributed by atoms with Gasteiger partial charge in [-0.25, -0.2) is 9.59 Å². The highest BCUT2D eigenvalue weighted by Crippen LogP contribution is 2.31. The molecule has 6 heteroatoms. The van der Waals surface area contributed by atoms with Gasteiger partial charge < -0.3 is 9.84 Å². The number of aliphatic carboxylic acids is 1. The Morgan fingerprint density at radius 2 is 1.88 bits per heavy atom. The first-order valence-corrected chi connectivity index (χ1v) is 8.10. The number of carbonyl (C=O) groups excluding carboxylic acids is 1. The lowest BCUT2D eigenvalue weighted by Crippen LogP contribution is -2.41. The van der Waals surface area contributed by atoms with Crippen molar-refractivity contribution in [3.05, 3.63) is 70.7 Å². The predicted molar refractivity (Wildman–Crippen MR) is 94.2 cm³/mol. The second-order valence-electron chi connectivity index (χ2n) is 5.72. The summed E-state index contributed by atoms with van der Waals surface area (Å²) >= 11 is 5.88. The van der Waals surface area contributed by atoms with Crippen LogP contribution in [-0.2, 0) is 20.9 Å². The maximum atomic E-state index is 11.8. The van der Waals surface area contributed by atoms with E-state index < -0.39 is 11.7 Å². The van der Waals surface area contributed by atoms with Crippen LogP contribution in [0.2, 0.25) is 5.02 Å². The van der Waals surface area contributed by atoms with E-state index in [4.69, 9.17) is 16.3 Å². The molecule has 1 N–H and O–H groups in total. The van der Waals surface area contributed by atoms with Crippen LogP contribution >= 0.6 is 11.6 Å². The lowest BCUT2D eigenvalue weighted by molar-refractivity contribution is -0.168. The molecule has 2 rings (SSSR count). The number of carbonyl (C=O) groups is 1. The van der Waals surface area contributed by atoms with E-state index in [1.165, 1.54) is 6.08 Å². The number of carboxylic acids is 1. The van der Waals surface area contributed by atoms with E-state index in [9.17, 15) is 14.7 Å². The Morgan fingerprint density at radius 3 is 2.44 bits per heavy atom. The number of carboxylic acid groups (broad SMARTS) is 1. The van der Waals surface area contributed by atoms with Crippen LogP contribution in [0.4, 0.5) is 0 Å². The van der Waals surface area contributed by atoms with Crippen LogP contribution < -0.4 is 0 Å². The van der Waals surface area contributed by atoms with Gasteiger partial charge in [0.2, 0.25) is 6.08 Å². The van der Waals surface area contributed by atoms with Crippen LogP contribution in [0.25, 0.3) is 0 Å². The smallest absolute Gasteiger partial charge is 0.360 e. The van der Waals surface area contributed by atoms with Crippen LogP contribution in [0.1, 0.15) is 30.4 Å². The van der Waals surface area contributed by atoms with E-state index in [0.717, 1.165) is 11.1 Å². The molecule has 0 aromatic heterocycles. The third-order valence-corrected chi connectivity index (χ3v) is 4.15. The minimum absolute atomic E-state index is 0.00790. The van der Waals surface area contributed by atoms with Crippen LogP contribution in [0.3, 0.4) is 0 Å². The van der Waals surface area contributed by atoms with Crippen LogP contribution in [0.15, 0.2) is 59.6 Å². The Bertz CT molecular complexity index is 753. The minimum Gasteiger partial charge on any atom is -0.478 e. The molecule has 0 saturated heterocycles. The fourth-order valence-corrected chi connectivity index (χ4v) is 2.63. The molecule has 130 valence electrons. The normalized spacial score (nSPS) is 14.2. The van der Waals surface area contributed by atoms with Gasteiger partial charge in [-0.15, -0.1) is 0 Å². The third-order valence-electron chi connectivity index (χ3n) is 3.90. The van der Waals surface area contributed by atoms with Gasteiger partial charge in [0.1, 0.15) is 0 Å². The minimum atomic E-state index is -1.99. The quantitative estimate of drug-likeness (QED) is 0.567. The molecule has 2 unspecified atom stereocenters. The van der Waals surface area contributed by atoms with Gasteiger partial charge in [0, 0.05) is 11.4 Å². The second-order valence-corrected chi connectivity index (χ2v) is 6.16. The molecule has 5 nitrogen and oxygen atoms in total. The first-order valence-electron chi connectivity index (χ1n) is 7.72. The number of rotatable bonds is 8. The first-order chi connectivity index (χ1) is 12.0. The van der Waals surface area contributed by atoms with Gasteiger partial charge in [0.05, 0.1) is 6.61 Å². The van der Waals surface area contributed by atoms with Gasteiger partial charge in [0.25, 0.3) is 5.72 Å². The van der Waals surface area contributed by atoms with Crippen molar-refractivity contribution in [3.8, 4) is 0 Å². The van der Waals surface area contributed by atoms with Gasteiger partial charge in [-0.3, -0.25) is 0 Å². The van der Waals surface area contributed by atoms with E-state index in [1.807, 2.05) is 25.1 Å². The summed E-state index contributed by atoms with van der Waals surface area (Å²) in [6.45, 7) is 1.86. The Morgan fingerprint density at radius 1 is 1.24 bits per heavy atom. The number of hydrogen-bond acceptors (Lipinski definition) is 4. The average molecular weight is 360 g/mol. The average Bonchev–Trinajstić information content (AvgIpc) is 2.61. The standard InChI is InChI=1S/C19H18ClNO4/c1-14(16-7-9-17(20)10-8-16)11-19(18(23)24,21-13-22)25-12-15-5-3-2-4-6-15/h2-10,14H,11-12H2,1H3,(H,23,24). The maximum absolute atomic E-state index is 11.8. The molecule has 0 fully saturated rings. The van der Waals surface area contributed by atoms with E-state index in [1.54, 1.807) is 36.4 Å². The predicted octanol–water partition coefficient (Wildman–Crippen LogP) is 4.17. The summed E-state index contributed by atoms with van der Waals surface area (Å²) in [5.74, 6) is -1.55. The van der Waals surface area contributed by atoms with Crippen LogP contribution in [-0.4, -0.2) is 22.9 Å². The molecule has 0 saturated carbocycles. The van der Waals surface area contributed by atoms with Crippen molar-refractivity contribution in [2.75, 3.05) is 0 Å². The molecule has 0 amide bonds. The lowest BCUT2D eigenvalue weighted by Gasteiger charge is -2.27. The molecule has 0 heterocycles. The van der Waals surface area contributed by atoms with Crippen molar-refractivity contribution < 1.29 is 19.4 Å². The summed E-state index contributed by atoms with van der Waals surface area (Å²) in [6, 6.07) is 16.2. The number of ether oxygens (including phenoxy) is 1. The summed E-state index contributed by atoms with van der Waals surface area (Å²) in [7, 11) is 0. The number of aliphatic imine (C=N–C) groups is 1. The third kappa shape index (κ3) is 5.00. The molecule has 0 radical (unpaired) electrons. The fraction of sp³-hybridized carbons (Fsp3) is 0.263. The summed E-state index contributed by atoms with van der Waals surface area (Å²) in [5, 5.41) is 10.2. The monoisotopic (exact) mass is 359 g/mol. The van der Waals surface area contributed by atoms with Gasteiger partial charge in [0.15, 0.2) is 0 Å². The van der Waals surface area contributed by atoms with Crippen molar-refractivity contribution in [1.82, 2.24) is 0 Å². The largest absolute Gasteiger partial charge is 0.478 e. The number of nitrogens with zero attached hydrogens (tertiary/aromatic N) is 1. The number of hydrogen-bond donors (Lipinski definition) is 1. The van der Waals surface area contributed by atoms with E-state index in [2.05, 4.69) is 4.99 Å². The lowest BCUT2D eigenvalue weighted by atomic mass is 9.92. The van der Waals surface area contributed by atoms with Crippen molar-refractivity contribution in [1.29, 1.82) is 0 Å². The fourth-order valence-electron chi connectivity index (χ4n) is 2.51. The summed E-state index contributed by atoms with van der Waals surface area (Å²) < 4.78 is 5.58. The molecule has 0 aliphatic carbocycles. The van der Waals surface area contributed by atoms with Gasteiger partial charge in [-0.05, 0) is 29.2 Å². The molecule has 2 aromatic rings. The van der Waals surface area contributed by atoms with Gasteiger partial charge >= 0.3 is 5.97 Å². The molecule has 0 aliphatic rings. The zero-order chi connectivity index (χ0) is 18.3. The zero-order valence-electron chi connectivity index (χ0n) is 13.7. The molecule has 0 bridgehead atoms. The first kappa shape index (κ1) is 18.9. The maximum Gasteiger partial charge on any atom is 0.360 e.